The molecule has 0 aromatic heterocycles. The predicted molar refractivity (Wildman–Crippen MR) is 111 cm³/mol. The van der Waals surface area contributed by atoms with Crippen LogP contribution in [0.2, 0.25) is 5.02 Å². The van der Waals surface area contributed by atoms with Crippen LogP contribution in [0.4, 0.5) is 0 Å². The SMILES string of the molecule is CCP(=O)(CC)C(Br)=C(c1ccccc1)c1cc(Cl)cc(Br)c1O. The van der Waals surface area contributed by atoms with Crippen molar-refractivity contribution in [3.05, 3.63) is 67.3 Å². The molecule has 2 aromatic carbocycles. The van der Waals surface area contributed by atoms with Gasteiger partial charge in [0.05, 0.1) is 8.70 Å². The lowest BCUT2D eigenvalue weighted by atomic mass is 9.99. The molecule has 0 atom stereocenters. The number of benzene rings is 2. The Balaban J connectivity index is 2.87. The Kier molecular flexibility index (Phi) is 6.78. The van der Waals surface area contributed by atoms with Crippen LogP contribution in [0, 0.1) is 0 Å². The highest BCUT2D eigenvalue weighted by Gasteiger charge is 2.27. The summed E-state index contributed by atoms with van der Waals surface area (Å²) in [5.41, 5.74) is 2.13. The maximum absolute atomic E-state index is 13.3. The van der Waals surface area contributed by atoms with Crippen LogP contribution in [0.25, 0.3) is 5.57 Å². The van der Waals surface area contributed by atoms with E-state index in [1.807, 2.05) is 44.2 Å². The highest BCUT2D eigenvalue weighted by atomic mass is 79.9. The lowest BCUT2D eigenvalue weighted by Crippen LogP contribution is -1.97. The molecule has 0 amide bonds. The van der Waals surface area contributed by atoms with Gasteiger partial charge in [-0.25, -0.2) is 0 Å². The Morgan fingerprint density at radius 1 is 1.17 bits per heavy atom. The highest BCUT2D eigenvalue weighted by molar-refractivity contribution is 9.13. The first kappa shape index (κ1) is 19.8. The summed E-state index contributed by atoms with van der Waals surface area (Å²) in [6, 6.07) is 12.9. The molecule has 0 radical (unpaired) electrons. The van der Waals surface area contributed by atoms with Crippen LogP contribution < -0.4 is 0 Å². The third kappa shape index (κ3) is 3.99. The summed E-state index contributed by atoms with van der Waals surface area (Å²) in [5, 5.41) is 11.1. The fourth-order valence-electron chi connectivity index (χ4n) is 2.45. The predicted octanol–water partition coefficient (Wildman–Crippen LogP) is 7.32. The van der Waals surface area contributed by atoms with Crippen LogP contribution >= 0.6 is 50.6 Å². The molecule has 0 saturated heterocycles. The first-order chi connectivity index (χ1) is 11.3. The molecule has 2 aromatic rings. The van der Waals surface area contributed by atoms with E-state index in [1.54, 1.807) is 12.1 Å². The van der Waals surface area contributed by atoms with Gasteiger partial charge in [0.2, 0.25) is 0 Å². The van der Waals surface area contributed by atoms with Crippen molar-refractivity contribution in [3.63, 3.8) is 0 Å². The van der Waals surface area contributed by atoms with Crippen LogP contribution in [0.15, 0.2) is 51.2 Å². The van der Waals surface area contributed by atoms with Gasteiger partial charge in [-0.15, -0.1) is 0 Å². The number of phenols is 1. The van der Waals surface area contributed by atoms with Crippen molar-refractivity contribution >= 4 is 56.2 Å². The largest absolute Gasteiger partial charge is 0.506 e. The molecule has 0 spiro atoms. The lowest BCUT2D eigenvalue weighted by Gasteiger charge is -2.20. The summed E-state index contributed by atoms with van der Waals surface area (Å²) >= 11 is 13.1. The minimum Gasteiger partial charge on any atom is -0.506 e. The van der Waals surface area contributed by atoms with E-state index in [0.29, 0.717) is 37.2 Å². The van der Waals surface area contributed by atoms with Crippen molar-refractivity contribution < 1.29 is 9.67 Å². The standard InChI is InChI=1S/C18H18Br2ClO2P/c1-3-24(23,4-2)18(20)16(12-8-6-5-7-9-12)14-10-13(21)11-15(19)17(14)22/h5-11,22H,3-4H2,1-2H3. The average Bonchev–Trinajstić information content (AvgIpc) is 2.59. The van der Waals surface area contributed by atoms with Crippen LogP contribution in [0.3, 0.4) is 0 Å². The molecule has 2 nitrogen and oxygen atoms in total. The molecule has 2 rings (SSSR count). The van der Waals surface area contributed by atoms with E-state index in [2.05, 4.69) is 31.9 Å². The Morgan fingerprint density at radius 2 is 1.75 bits per heavy atom. The Bertz CT molecular complexity index is 811. The minimum absolute atomic E-state index is 0.0777. The monoisotopic (exact) mass is 490 g/mol. The van der Waals surface area contributed by atoms with E-state index in [9.17, 15) is 9.67 Å². The Morgan fingerprint density at radius 3 is 2.29 bits per heavy atom. The van der Waals surface area contributed by atoms with Crippen molar-refractivity contribution in [1.29, 1.82) is 0 Å². The highest BCUT2D eigenvalue weighted by Crippen LogP contribution is 2.60. The van der Waals surface area contributed by atoms with Gasteiger partial charge in [-0.3, -0.25) is 0 Å². The van der Waals surface area contributed by atoms with E-state index in [4.69, 9.17) is 11.6 Å². The van der Waals surface area contributed by atoms with Crippen molar-refractivity contribution in [2.24, 2.45) is 0 Å². The van der Waals surface area contributed by atoms with Crippen molar-refractivity contribution in [3.8, 4) is 5.75 Å². The quantitative estimate of drug-likeness (QED) is 0.444. The molecule has 24 heavy (non-hydrogen) atoms. The molecule has 0 aliphatic rings. The zero-order chi connectivity index (χ0) is 17.9. The molecular formula is C18H18Br2ClO2P. The summed E-state index contributed by atoms with van der Waals surface area (Å²) in [6.45, 7) is 3.84. The average molecular weight is 493 g/mol. The zero-order valence-corrected chi connectivity index (χ0v) is 18.2. The molecule has 6 heteroatoms. The summed E-state index contributed by atoms with van der Waals surface area (Å²) in [6.07, 6.45) is 1.09. The van der Waals surface area contributed by atoms with Gasteiger partial charge in [0, 0.05) is 28.5 Å². The minimum atomic E-state index is -2.58. The first-order valence-corrected chi connectivity index (χ1v) is 11.6. The second-order valence-electron chi connectivity index (χ2n) is 5.34. The molecule has 0 fully saturated rings. The van der Waals surface area contributed by atoms with Crippen LogP contribution in [-0.2, 0) is 4.57 Å². The van der Waals surface area contributed by atoms with Crippen LogP contribution in [-0.4, -0.2) is 17.4 Å². The van der Waals surface area contributed by atoms with Gasteiger partial charge in [0.1, 0.15) is 12.9 Å². The van der Waals surface area contributed by atoms with Crippen molar-refractivity contribution in [2.75, 3.05) is 12.3 Å². The maximum Gasteiger partial charge on any atom is 0.137 e. The van der Waals surface area contributed by atoms with E-state index in [0.717, 1.165) is 5.56 Å². The third-order valence-electron chi connectivity index (χ3n) is 3.95. The fraction of sp³-hybridized carbons (Fsp3) is 0.222. The normalized spacial score (nSPS) is 12.9. The van der Waals surface area contributed by atoms with Crippen molar-refractivity contribution in [2.45, 2.75) is 13.8 Å². The van der Waals surface area contributed by atoms with E-state index < -0.39 is 7.14 Å². The van der Waals surface area contributed by atoms with Crippen molar-refractivity contribution in [1.82, 2.24) is 0 Å². The van der Waals surface area contributed by atoms with Crippen LogP contribution in [0.1, 0.15) is 25.0 Å². The summed E-state index contributed by atoms with van der Waals surface area (Å²) in [7, 11) is -2.58. The number of halogens is 3. The van der Waals surface area contributed by atoms with Crippen LogP contribution in [0.5, 0.6) is 5.75 Å². The molecule has 0 unspecified atom stereocenters. The number of aromatic hydroxyl groups is 1. The van der Waals surface area contributed by atoms with Gasteiger partial charge < -0.3 is 9.67 Å². The van der Waals surface area contributed by atoms with E-state index >= 15 is 0 Å². The number of rotatable bonds is 5. The first-order valence-electron chi connectivity index (χ1n) is 7.56. The maximum atomic E-state index is 13.3. The molecular weight excluding hydrogens is 474 g/mol. The molecule has 1 N–H and O–H groups in total. The molecule has 0 bridgehead atoms. The molecule has 0 aliphatic carbocycles. The molecule has 0 heterocycles. The topological polar surface area (TPSA) is 37.3 Å². The number of phenolic OH excluding ortho intramolecular Hbond substituents is 1. The second kappa shape index (κ2) is 8.23. The van der Waals surface area contributed by atoms with Gasteiger partial charge in [-0.05, 0) is 49.6 Å². The van der Waals surface area contributed by atoms with Gasteiger partial charge in [-0.1, -0.05) is 55.8 Å². The molecule has 0 aliphatic heterocycles. The van der Waals surface area contributed by atoms with Gasteiger partial charge in [0.15, 0.2) is 0 Å². The fourth-order valence-corrected chi connectivity index (χ4v) is 6.87. The summed E-state index contributed by atoms with van der Waals surface area (Å²) in [4.78, 5) is 0. The Hall–Kier alpha value is -0.540. The summed E-state index contributed by atoms with van der Waals surface area (Å²) in [5.74, 6) is 0.0777. The van der Waals surface area contributed by atoms with E-state index in [1.165, 1.54) is 0 Å². The number of hydrogen-bond acceptors (Lipinski definition) is 2. The second-order valence-corrected chi connectivity index (χ2v) is 11.5. The van der Waals surface area contributed by atoms with Gasteiger partial charge >= 0.3 is 0 Å². The molecule has 128 valence electrons. The summed E-state index contributed by atoms with van der Waals surface area (Å²) < 4.78 is 14.4. The Labute approximate surface area is 164 Å². The third-order valence-corrected chi connectivity index (χ3v) is 10.1. The number of hydrogen-bond donors (Lipinski definition) is 1. The zero-order valence-electron chi connectivity index (χ0n) is 13.4. The van der Waals surface area contributed by atoms with Gasteiger partial charge in [0.25, 0.3) is 0 Å². The van der Waals surface area contributed by atoms with Gasteiger partial charge in [-0.2, -0.15) is 0 Å². The smallest absolute Gasteiger partial charge is 0.137 e. The lowest BCUT2D eigenvalue weighted by molar-refractivity contribution is 0.470. The van der Waals surface area contributed by atoms with E-state index in [-0.39, 0.29) is 5.75 Å². The molecule has 0 saturated carbocycles.